The minimum Gasteiger partial charge on any atom is -0.382 e. The van der Waals surface area contributed by atoms with Gasteiger partial charge in [0.2, 0.25) is 0 Å². The molecule has 4 aromatic rings. The van der Waals surface area contributed by atoms with Crippen LogP contribution in [0.25, 0.3) is 32.6 Å². The van der Waals surface area contributed by atoms with E-state index in [1.165, 1.54) is 16.9 Å². The smallest absolute Gasteiger partial charge is 0.321 e. The van der Waals surface area contributed by atoms with Gasteiger partial charge in [0, 0.05) is 67.4 Å². The van der Waals surface area contributed by atoms with Gasteiger partial charge in [-0.15, -0.1) is 0 Å². The summed E-state index contributed by atoms with van der Waals surface area (Å²) < 4.78 is 0.939. The molecule has 1 fully saturated rings. The lowest BCUT2D eigenvalue weighted by Crippen LogP contribution is -2.31. The molecule has 4 heterocycles. The number of rotatable bonds is 7. The molecular formula is C27H31N7O2S2. The number of benzene rings is 1. The number of thioether (sulfide) groups is 1. The average Bonchev–Trinajstić information content (AvgIpc) is 3.31. The van der Waals surface area contributed by atoms with E-state index in [0.717, 1.165) is 63.7 Å². The number of aliphatic hydroxyl groups is 1. The maximum absolute atomic E-state index is 12.2. The summed E-state index contributed by atoms with van der Waals surface area (Å²) in [6, 6.07) is 7.97. The molecular weight excluding hydrogens is 518 g/mol. The Balaban J connectivity index is 1.56. The van der Waals surface area contributed by atoms with Crippen molar-refractivity contribution in [2.45, 2.75) is 32.9 Å². The number of fused-ring (bicyclic) bond motifs is 1. The summed E-state index contributed by atoms with van der Waals surface area (Å²) in [4.78, 5) is 32.9. The van der Waals surface area contributed by atoms with Crippen molar-refractivity contribution in [2.75, 3.05) is 36.5 Å². The molecule has 198 valence electrons. The Bertz CT molecular complexity index is 1430. The number of anilines is 1. The maximum atomic E-state index is 12.2. The van der Waals surface area contributed by atoms with Crippen molar-refractivity contribution in [3.8, 4) is 22.4 Å². The third-order valence-electron chi connectivity index (χ3n) is 6.19. The number of carbonyl (C=O) groups excluding carboxylic acids is 1. The zero-order chi connectivity index (χ0) is 26.7. The topological polar surface area (TPSA) is 116 Å². The first-order valence-corrected chi connectivity index (χ1v) is 14.6. The number of hydrogen-bond acceptors (Lipinski definition) is 9. The summed E-state index contributed by atoms with van der Waals surface area (Å²) in [7, 11) is 0. The fourth-order valence-electron chi connectivity index (χ4n) is 4.28. The molecule has 1 aliphatic heterocycles. The zero-order valence-electron chi connectivity index (χ0n) is 21.7. The Kier molecular flexibility index (Phi) is 7.89. The number of carbonyl (C=O) groups is 1. The molecule has 0 bridgehead atoms. The first-order valence-electron chi connectivity index (χ1n) is 12.6. The summed E-state index contributed by atoms with van der Waals surface area (Å²) in [5, 5.41) is 16.4. The molecule has 38 heavy (non-hydrogen) atoms. The van der Waals surface area contributed by atoms with E-state index in [1.54, 1.807) is 26.2 Å². The van der Waals surface area contributed by atoms with E-state index in [2.05, 4.69) is 43.7 Å². The zero-order valence-corrected chi connectivity index (χ0v) is 23.3. The van der Waals surface area contributed by atoms with E-state index in [0.29, 0.717) is 17.5 Å². The SMILES string of the molecule is CCNC(=O)Nc1nc2cc(-c3cnc(C(C)(C)O)nc3)cc(-c3cc(CN4CCSCC4)ccn3)c2s1. The van der Waals surface area contributed by atoms with Gasteiger partial charge in [0.25, 0.3) is 0 Å². The van der Waals surface area contributed by atoms with Crippen molar-refractivity contribution in [2.24, 2.45) is 0 Å². The predicted molar refractivity (Wildman–Crippen MR) is 154 cm³/mol. The number of nitrogens with zero attached hydrogens (tertiary/aromatic N) is 5. The lowest BCUT2D eigenvalue weighted by atomic mass is 10.0. The first-order chi connectivity index (χ1) is 18.3. The molecule has 5 rings (SSSR count). The highest BCUT2D eigenvalue weighted by molar-refractivity contribution is 7.99. The van der Waals surface area contributed by atoms with Crippen molar-refractivity contribution >= 4 is 44.5 Å². The summed E-state index contributed by atoms with van der Waals surface area (Å²) in [6.45, 7) is 8.78. The van der Waals surface area contributed by atoms with Gasteiger partial charge < -0.3 is 10.4 Å². The van der Waals surface area contributed by atoms with Crippen LogP contribution >= 0.6 is 23.1 Å². The highest BCUT2D eigenvalue weighted by Gasteiger charge is 2.20. The quantitative estimate of drug-likeness (QED) is 0.303. The first kappa shape index (κ1) is 26.5. The van der Waals surface area contributed by atoms with Gasteiger partial charge in [0.05, 0.1) is 15.9 Å². The van der Waals surface area contributed by atoms with Gasteiger partial charge in [0.15, 0.2) is 11.0 Å². The van der Waals surface area contributed by atoms with Crippen LogP contribution in [0.15, 0.2) is 42.9 Å². The molecule has 3 aromatic heterocycles. The fraction of sp³-hybridized carbons (Fsp3) is 0.370. The molecule has 0 saturated carbocycles. The van der Waals surface area contributed by atoms with E-state index in [4.69, 9.17) is 9.97 Å². The van der Waals surface area contributed by atoms with Crippen molar-refractivity contribution in [3.05, 3.63) is 54.2 Å². The summed E-state index contributed by atoms with van der Waals surface area (Å²) in [5.41, 5.74) is 4.30. The van der Waals surface area contributed by atoms with Gasteiger partial charge in [-0.2, -0.15) is 11.8 Å². The van der Waals surface area contributed by atoms with Crippen LogP contribution in [0.2, 0.25) is 0 Å². The van der Waals surface area contributed by atoms with E-state index in [-0.39, 0.29) is 6.03 Å². The van der Waals surface area contributed by atoms with Crippen molar-refractivity contribution in [1.82, 2.24) is 30.2 Å². The van der Waals surface area contributed by atoms with Gasteiger partial charge in [-0.1, -0.05) is 11.3 Å². The van der Waals surface area contributed by atoms with Crippen LogP contribution in [0.5, 0.6) is 0 Å². The summed E-state index contributed by atoms with van der Waals surface area (Å²) in [6.07, 6.45) is 5.28. The highest BCUT2D eigenvalue weighted by atomic mass is 32.2. The van der Waals surface area contributed by atoms with Gasteiger partial charge >= 0.3 is 6.03 Å². The van der Waals surface area contributed by atoms with E-state index >= 15 is 0 Å². The van der Waals surface area contributed by atoms with Crippen LogP contribution in [0, 0.1) is 0 Å². The maximum Gasteiger partial charge on any atom is 0.321 e. The molecule has 0 atom stereocenters. The Morgan fingerprint density at radius 2 is 1.87 bits per heavy atom. The second-order valence-electron chi connectivity index (χ2n) is 9.67. The van der Waals surface area contributed by atoms with Crippen LogP contribution in [0.4, 0.5) is 9.93 Å². The number of aromatic nitrogens is 4. The van der Waals surface area contributed by atoms with Crippen molar-refractivity contribution < 1.29 is 9.90 Å². The monoisotopic (exact) mass is 549 g/mol. The lowest BCUT2D eigenvalue weighted by Gasteiger charge is -2.26. The Morgan fingerprint density at radius 1 is 1.11 bits per heavy atom. The number of urea groups is 1. The minimum absolute atomic E-state index is 0.288. The predicted octanol–water partition coefficient (Wildman–Crippen LogP) is 4.73. The van der Waals surface area contributed by atoms with Crippen LogP contribution < -0.4 is 10.6 Å². The van der Waals surface area contributed by atoms with E-state index < -0.39 is 5.60 Å². The molecule has 1 aromatic carbocycles. The van der Waals surface area contributed by atoms with Crippen LogP contribution in [0.1, 0.15) is 32.2 Å². The molecule has 0 radical (unpaired) electrons. The second-order valence-corrected chi connectivity index (χ2v) is 11.9. The normalized spacial score (nSPS) is 14.5. The third kappa shape index (κ3) is 6.12. The van der Waals surface area contributed by atoms with Crippen LogP contribution in [-0.4, -0.2) is 67.1 Å². The molecule has 1 saturated heterocycles. The summed E-state index contributed by atoms with van der Waals surface area (Å²) in [5.74, 6) is 2.68. The number of amides is 2. The molecule has 2 amide bonds. The van der Waals surface area contributed by atoms with E-state index in [9.17, 15) is 9.90 Å². The van der Waals surface area contributed by atoms with Crippen LogP contribution in [-0.2, 0) is 12.1 Å². The third-order valence-corrected chi connectivity index (χ3v) is 8.15. The number of pyridine rings is 1. The van der Waals surface area contributed by atoms with Gasteiger partial charge in [-0.05, 0) is 56.2 Å². The lowest BCUT2D eigenvalue weighted by molar-refractivity contribution is 0.0687. The standard InChI is InChI=1S/C27H31N7O2S2/c1-4-28-25(35)33-26-32-22-13-18(19-14-30-24(31-15-19)27(2,3)36)12-20(23(22)38-26)21-11-17(5-6-29-21)16-34-7-9-37-10-8-34/h5-6,11-15,36H,4,7-10,16H2,1-3H3,(H2,28,32,33,35). The molecule has 9 nitrogen and oxygen atoms in total. The Labute approximate surface area is 230 Å². The van der Waals surface area contributed by atoms with E-state index in [1.807, 2.05) is 30.9 Å². The molecule has 0 spiro atoms. The molecule has 0 unspecified atom stereocenters. The van der Waals surface area contributed by atoms with Crippen molar-refractivity contribution in [1.29, 1.82) is 0 Å². The Hall–Kier alpha value is -3.12. The molecule has 1 aliphatic rings. The second kappa shape index (κ2) is 11.3. The fourth-order valence-corrected chi connectivity index (χ4v) is 6.22. The molecule has 3 N–H and O–H groups in total. The number of nitrogens with one attached hydrogen (secondary N) is 2. The minimum atomic E-state index is -1.13. The molecule has 0 aliphatic carbocycles. The summed E-state index contributed by atoms with van der Waals surface area (Å²) >= 11 is 3.43. The van der Waals surface area contributed by atoms with Crippen LogP contribution in [0.3, 0.4) is 0 Å². The highest BCUT2D eigenvalue weighted by Crippen LogP contribution is 2.38. The molecule has 11 heteroatoms. The Morgan fingerprint density at radius 3 is 2.58 bits per heavy atom. The number of hydrogen-bond donors (Lipinski definition) is 3. The number of thiazole rings is 1. The van der Waals surface area contributed by atoms with Gasteiger partial charge in [-0.25, -0.2) is 19.7 Å². The average molecular weight is 550 g/mol. The largest absolute Gasteiger partial charge is 0.382 e. The van der Waals surface area contributed by atoms with Gasteiger partial charge in [0.1, 0.15) is 5.60 Å². The van der Waals surface area contributed by atoms with Gasteiger partial charge in [-0.3, -0.25) is 15.2 Å². The van der Waals surface area contributed by atoms with Crippen molar-refractivity contribution in [3.63, 3.8) is 0 Å².